The van der Waals surface area contributed by atoms with Crippen molar-refractivity contribution in [2.75, 3.05) is 0 Å². The number of nitrogens with two attached hydrogens (primary N) is 1. The number of aliphatic hydroxyl groups is 1. The Kier molecular flexibility index (Phi) is 5.39. The molecule has 0 amide bonds. The fourth-order valence-corrected chi connectivity index (χ4v) is 2.27. The van der Waals surface area contributed by atoms with Gasteiger partial charge in [-0.05, 0) is 24.1 Å². The third-order valence-corrected chi connectivity index (χ3v) is 3.65. The lowest BCUT2D eigenvalue weighted by atomic mass is 9.85. The summed E-state index contributed by atoms with van der Waals surface area (Å²) >= 11 is 0.212. The molecule has 20 heavy (non-hydrogen) atoms. The number of halogens is 5. The first-order valence-corrected chi connectivity index (χ1v) is 6.61. The molecule has 1 aromatic carbocycles. The molecular weight excluding hydrogens is 301 g/mol. The first kappa shape index (κ1) is 17.2. The van der Waals surface area contributed by atoms with Crippen molar-refractivity contribution in [1.29, 1.82) is 0 Å². The van der Waals surface area contributed by atoms with Crippen LogP contribution in [-0.2, 0) is 5.60 Å². The molecule has 0 bridgehead atoms. The van der Waals surface area contributed by atoms with E-state index in [1.54, 1.807) is 0 Å². The Bertz CT molecular complexity index is 436. The summed E-state index contributed by atoms with van der Waals surface area (Å²) in [6.45, 7) is 1.42. The highest BCUT2D eigenvalue weighted by molar-refractivity contribution is 7.99. The van der Waals surface area contributed by atoms with Crippen LogP contribution in [0.4, 0.5) is 22.0 Å². The second-order valence-corrected chi connectivity index (χ2v) is 5.25. The fourth-order valence-electron chi connectivity index (χ4n) is 1.77. The second kappa shape index (κ2) is 6.28. The molecule has 2 unspecified atom stereocenters. The van der Waals surface area contributed by atoms with Gasteiger partial charge in [-0.15, -0.1) is 0 Å². The van der Waals surface area contributed by atoms with E-state index in [1.165, 1.54) is 6.92 Å². The summed E-state index contributed by atoms with van der Waals surface area (Å²) in [7, 11) is 0. The lowest BCUT2D eigenvalue weighted by Crippen LogP contribution is -2.55. The maximum absolute atomic E-state index is 13.1. The van der Waals surface area contributed by atoms with E-state index in [-0.39, 0.29) is 23.1 Å². The highest BCUT2D eigenvalue weighted by Crippen LogP contribution is 2.42. The van der Waals surface area contributed by atoms with Crippen LogP contribution < -0.4 is 5.73 Å². The van der Waals surface area contributed by atoms with Crippen molar-refractivity contribution < 1.29 is 27.1 Å². The van der Waals surface area contributed by atoms with Crippen molar-refractivity contribution >= 4 is 11.8 Å². The Labute approximate surface area is 117 Å². The van der Waals surface area contributed by atoms with E-state index in [0.717, 1.165) is 24.3 Å². The number of rotatable bonds is 5. The third kappa shape index (κ3) is 3.42. The van der Waals surface area contributed by atoms with Gasteiger partial charge in [-0.2, -0.15) is 22.0 Å². The molecule has 0 heterocycles. The Morgan fingerprint density at radius 1 is 1.20 bits per heavy atom. The summed E-state index contributed by atoms with van der Waals surface area (Å²) in [6, 6.07) is 2.59. The lowest BCUT2D eigenvalue weighted by molar-refractivity contribution is -0.274. The van der Waals surface area contributed by atoms with Gasteiger partial charge in [-0.25, -0.2) is 0 Å². The molecule has 2 atom stereocenters. The van der Waals surface area contributed by atoms with Gasteiger partial charge in [0.05, 0.1) is 0 Å². The van der Waals surface area contributed by atoms with Crippen molar-refractivity contribution in [3.8, 4) is 0 Å². The minimum absolute atomic E-state index is 0.0937. The maximum atomic E-state index is 13.1. The normalized spacial score (nSPS) is 17.1. The summed E-state index contributed by atoms with van der Waals surface area (Å²) in [6.07, 6.45) is -5.05. The van der Waals surface area contributed by atoms with Crippen molar-refractivity contribution in [3.63, 3.8) is 0 Å². The minimum atomic E-state index is -4.96. The minimum Gasteiger partial charge on any atom is -0.375 e. The average Bonchev–Trinajstić information content (AvgIpc) is 2.35. The quantitative estimate of drug-likeness (QED) is 0.646. The summed E-state index contributed by atoms with van der Waals surface area (Å²) in [5.74, 6) is -2.67. The molecule has 0 radical (unpaired) electrons. The molecule has 0 saturated heterocycles. The van der Waals surface area contributed by atoms with Crippen LogP contribution in [0.15, 0.2) is 29.2 Å². The molecule has 0 saturated carbocycles. The Morgan fingerprint density at radius 3 is 2.05 bits per heavy atom. The maximum Gasteiger partial charge on any atom is 0.422 e. The monoisotopic (exact) mass is 315 g/mol. The fraction of sp³-hybridized carbons (Fsp3) is 0.500. The molecule has 0 aliphatic rings. The summed E-state index contributed by atoms with van der Waals surface area (Å²) in [5, 5.41) is 9.96. The highest BCUT2D eigenvalue weighted by atomic mass is 32.2. The Hall–Kier alpha value is -0.860. The van der Waals surface area contributed by atoms with Gasteiger partial charge < -0.3 is 10.8 Å². The SMILES string of the molecule is CCC(N)C(O)(c1ccc(SC(F)F)cc1)C(F)(F)F. The van der Waals surface area contributed by atoms with Crippen molar-refractivity contribution in [1.82, 2.24) is 0 Å². The Morgan fingerprint density at radius 2 is 1.70 bits per heavy atom. The molecule has 114 valence electrons. The number of hydrogen-bond donors (Lipinski definition) is 2. The summed E-state index contributed by atoms with van der Waals surface area (Å²) in [4.78, 5) is 0.110. The number of hydrogen-bond acceptors (Lipinski definition) is 3. The second-order valence-electron chi connectivity index (χ2n) is 4.18. The molecule has 0 aliphatic carbocycles. The van der Waals surface area contributed by atoms with Crippen LogP contribution >= 0.6 is 11.8 Å². The standard InChI is InChI=1S/C12H14F5NOS/c1-2-9(18)11(19,12(15,16)17)7-3-5-8(6-4-7)20-10(13)14/h3-6,9-10,19H,2,18H2,1H3. The first-order valence-electron chi connectivity index (χ1n) is 5.73. The topological polar surface area (TPSA) is 46.2 Å². The summed E-state index contributed by atoms with van der Waals surface area (Å²) in [5.41, 5.74) is 1.73. The Balaban J connectivity index is 3.16. The first-order chi connectivity index (χ1) is 9.12. The van der Waals surface area contributed by atoms with E-state index in [4.69, 9.17) is 5.73 Å². The zero-order valence-corrected chi connectivity index (χ0v) is 11.3. The molecule has 0 fully saturated rings. The van der Waals surface area contributed by atoms with E-state index < -0.39 is 29.1 Å². The van der Waals surface area contributed by atoms with Crippen LogP contribution in [0.25, 0.3) is 0 Å². The molecule has 0 spiro atoms. The van der Waals surface area contributed by atoms with Gasteiger partial charge in [-0.1, -0.05) is 30.8 Å². The van der Waals surface area contributed by atoms with E-state index in [0.29, 0.717) is 0 Å². The predicted molar refractivity (Wildman–Crippen MR) is 66.5 cm³/mol. The zero-order valence-electron chi connectivity index (χ0n) is 10.5. The van der Waals surface area contributed by atoms with Crippen LogP contribution in [0, 0.1) is 0 Å². The molecule has 0 aromatic heterocycles. The van der Waals surface area contributed by atoms with Crippen molar-refractivity contribution in [2.24, 2.45) is 5.73 Å². The van der Waals surface area contributed by atoms with Crippen molar-refractivity contribution in [2.45, 2.75) is 41.8 Å². The number of thioether (sulfide) groups is 1. The van der Waals surface area contributed by atoms with Crippen LogP contribution in [0.2, 0.25) is 0 Å². The average molecular weight is 315 g/mol. The van der Waals surface area contributed by atoms with Crippen LogP contribution in [0.1, 0.15) is 18.9 Å². The number of benzene rings is 1. The van der Waals surface area contributed by atoms with Crippen molar-refractivity contribution in [3.05, 3.63) is 29.8 Å². The molecular formula is C12H14F5NOS. The van der Waals surface area contributed by atoms with Gasteiger partial charge in [0.15, 0.2) is 0 Å². The smallest absolute Gasteiger partial charge is 0.375 e. The van der Waals surface area contributed by atoms with Gasteiger partial charge in [0.1, 0.15) is 0 Å². The molecule has 3 N–H and O–H groups in total. The van der Waals surface area contributed by atoms with Gasteiger partial charge in [0, 0.05) is 10.9 Å². The predicted octanol–water partition coefficient (Wildman–Crippen LogP) is 3.49. The third-order valence-electron chi connectivity index (χ3n) is 2.93. The van der Waals surface area contributed by atoms with Gasteiger partial charge in [0.25, 0.3) is 5.76 Å². The molecule has 1 rings (SSSR count). The number of alkyl halides is 5. The highest BCUT2D eigenvalue weighted by Gasteiger charge is 2.58. The van der Waals surface area contributed by atoms with E-state index in [9.17, 15) is 27.1 Å². The lowest BCUT2D eigenvalue weighted by Gasteiger charge is -2.35. The van der Waals surface area contributed by atoms with E-state index in [1.807, 2.05) is 0 Å². The largest absolute Gasteiger partial charge is 0.422 e. The van der Waals surface area contributed by atoms with Crippen LogP contribution in [0.5, 0.6) is 0 Å². The van der Waals surface area contributed by atoms with E-state index >= 15 is 0 Å². The zero-order chi connectivity index (χ0) is 15.6. The summed E-state index contributed by atoms with van der Waals surface area (Å²) < 4.78 is 63.5. The van der Waals surface area contributed by atoms with Gasteiger partial charge in [0.2, 0.25) is 5.60 Å². The van der Waals surface area contributed by atoms with E-state index in [2.05, 4.69) is 0 Å². The molecule has 0 aliphatic heterocycles. The van der Waals surface area contributed by atoms with Crippen LogP contribution in [-0.4, -0.2) is 23.1 Å². The molecule has 1 aromatic rings. The van der Waals surface area contributed by atoms with Gasteiger partial charge >= 0.3 is 6.18 Å². The molecule has 8 heteroatoms. The van der Waals surface area contributed by atoms with Crippen LogP contribution in [0.3, 0.4) is 0 Å². The molecule has 2 nitrogen and oxygen atoms in total. The van der Waals surface area contributed by atoms with Gasteiger partial charge in [-0.3, -0.25) is 0 Å².